The van der Waals surface area contributed by atoms with E-state index >= 15 is 0 Å². The third-order valence-electron chi connectivity index (χ3n) is 2.75. The van der Waals surface area contributed by atoms with Gasteiger partial charge in [-0.15, -0.1) is 11.3 Å². The van der Waals surface area contributed by atoms with Gasteiger partial charge >= 0.3 is 0 Å². The molecule has 17 heavy (non-hydrogen) atoms. The topological polar surface area (TPSA) is 12.9 Å². The summed E-state index contributed by atoms with van der Waals surface area (Å²) < 4.78 is 0. The monoisotopic (exact) mass is 285 g/mol. The van der Waals surface area contributed by atoms with Crippen molar-refractivity contribution in [2.45, 2.75) is 26.2 Å². The van der Waals surface area contributed by atoms with Crippen LogP contribution in [0.25, 0.3) is 10.6 Å². The van der Waals surface area contributed by atoms with Gasteiger partial charge in [-0.3, -0.25) is 0 Å². The average molecular weight is 286 g/mol. The predicted octanol–water partition coefficient (Wildman–Crippen LogP) is 5.63. The molecule has 0 saturated carbocycles. The third kappa shape index (κ3) is 3.01. The molecule has 1 atom stereocenters. The van der Waals surface area contributed by atoms with Crippen molar-refractivity contribution in [2.24, 2.45) is 0 Å². The molecule has 1 nitrogen and oxygen atoms in total. The van der Waals surface area contributed by atoms with Gasteiger partial charge in [-0.1, -0.05) is 37.0 Å². The van der Waals surface area contributed by atoms with E-state index in [9.17, 15) is 0 Å². The molecule has 4 heteroatoms. The Hall–Kier alpha value is -0.570. The van der Waals surface area contributed by atoms with Crippen LogP contribution in [0.3, 0.4) is 0 Å². The van der Waals surface area contributed by atoms with E-state index in [1.807, 2.05) is 12.1 Å². The van der Waals surface area contributed by atoms with Gasteiger partial charge in [0.15, 0.2) is 0 Å². The minimum Gasteiger partial charge on any atom is -0.241 e. The first kappa shape index (κ1) is 12.9. The Morgan fingerprint density at radius 3 is 2.47 bits per heavy atom. The maximum Gasteiger partial charge on any atom is 0.123 e. The van der Waals surface area contributed by atoms with Crippen LogP contribution in [0, 0.1) is 0 Å². The predicted molar refractivity (Wildman–Crippen MR) is 76.3 cm³/mol. The van der Waals surface area contributed by atoms with Gasteiger partial charge in [0.25, 0.3) is 0 Å². The first-order chi connectivity index (χ1) is 8.10. The molecule has 0 radical (unpaired) electrons. The van der Waals surface area contributed by atoms with E-state index in [0.717, 1.165) is 22.7 Å². The highest BCUT2D eigenvalue weighted by Gasteiger charge is 2.10. The summed E-state index contributed by atoms with van der Waals surface area (Å²) in [6.07, 6.45) is 1.10. The first-order valence-corrected chi connectivity index (χ1v) is 7.15. The lowest BCUT2D eigenvalue weighted by Gasteiger charge is -2.03. The maximum atomic E-state index is 5.99. The number of aromatic nitrogens is 1. The van der Waals surface area contributed by atoms with Crippen molar-refractivity contribution in [1.82, 2.24) is 4.98 Å². The molecule has 0 bridgehead atoms. The summed E-state index contributed by atoms with van der Waals surface area (Å²) in [5.74, 6) is 0.495. The molecule has 0 aliphatic heterocycles. The molecular formula is C13H13Cl2NS. The Bertz CT molecular complexity index is 502. The average Bonchev–Trinajstić information content (AvgIpc) is 2.76. The van der Waals surface area contributed by atoms with Gasteiger partial charge in [0.1, 0.15) is 5.01 Å². The Kier molecular flexibility index (Phi) is 4.08. The number of benzene rings is 1. The minimum absolute atomic E-state index is 0.495. The molecule has 90 valence electrons. The van der Waals surface area contributed by atoms with Gasteiger partial charge < -0.3 is 0 Å². The second-order valence-electron chi connectivity index (χ2n) is 4.04. The van der Waals surface area contributed by atoms with Gasteiger partial charge in [0.2, 0.25) is 0 Å². The normalized spacial score (nSPS) is 12.7. The quantitative estimate of drug-likeness (QED) is 0.712. The third-order valence-corrected chi connectivity index (χ3v) is 4.09. The smallest absolute Gasteiger partial charge is 0.123 e. The molecule has 1 aromatic carbocycles. The van der Waals surface area contributed by atoms with Gasteiger partial charge in [0, 0.05) is 21.0 Å². The van der Waals surface area contributed by atoms with Gasteiger partial charge in [-0.25, -0.2) is 4.98 Å². The van der Waals surface area contributed by atoms with Crippen LogP contribution in [0.1, 0.15) is 31.9 Å². The van der Waals surface area contributed by atoms with Crippen LogP contribution in [0.4, 0.5) is 0 Å². The fourth-order valence-electron chi connectivity index (χ4n) is 1.53. The van der Waals surface area contributed by atoms with E-state index in [-0.39, 0.29) is 0 Å². The molecule has 2 aromatic rings. The molecule has 0 saturated heterocycles. The van der Waals surface area contributed by atoms with Crippen molar-refractivity contribution in [1.29, 1.82) is 0 Å². The number of hydrogen-bond donors (Lipinski definition) is 0. The Labute approximate surface area is 115 Å². The van der Waals surface area contributed by atoms with Gasteiger partial charge in [-0.05, 0) is 30.5 Å². The molecule has 0 spiro atoms. The van der Waals surface area contributed by atoms with Crippen molar-refractivity contribution in [3.05, 3.63) is 39.3 Å². The van der Waals surface area contributed by atoms with Crippen molar-refractivity contribution >= 4 is 34.5 Å². The van der Waals surface area contributed by atoms with Gasteiger partial charge in [0.05, 0.1) is 5.69 Å². The Morgan fingerprint density at radius 2 is 1.88 bits per heavy atom. The van der Waals surface area contributed by atoms with Crippen LogP contribution in [-0.4, -0.2) is 4.98 Å². The summed E-state index contributed by atoms with van der Waals surface area (Å²) in [5, 5.41) is 4.38. The lowest BCUT2D eigenvalue weighted by atomic mass is 10.1. The van der Waals surface area contributed by atoms with E-state index in [2.05, 4.69) is 24.2 Å². The van der Waals surface area contributed by atoms with Crippen LogP contribution < -0.4 is 0 Å². The van der Waals surface area contributed by atoms with Crippen LogP contribution in [0.5, 0.6) is 0 Å². The van der Waals surface area contributed by atoms with Crippen molar-refractivity contribution in [3.63, 3.8) is 0 Å². The highest BCUT2D eigenvalue weighted by atomic mass is 35.5. The van der Waals surface area contributed by atoms with Gasteiger partial charge in [-0.2, -0.15) is 0 Å². The Morgan fingerprint density at radius 1 is 1.24 bits per heavy atom. The second-order valence-corrected chi connectivity index (χ2v) is 5.78. The molecule has 0 aliphatic carbocycles. The number of nitrogens with zero attached hydrogens (tertiary/aromatic N) is 1. The standard InChI is InChI=1S/C13H13Cl2NS/c1-3-8(2)12-7-17-13(16-12)9-4-10(14)6-11(15)5-9/h4-8H,3H2,1-2H3. The molecule has 1 heterocycles. The molecule has 0 N–H and O–H groups in total. The molecular weight excluding hydrogens is 273 g/mol. The number of rotatable bonds is 3. The Balaban J connectivity index is 2.36. The minimum atomic E-state index is 0.495. The van der Waals surface area contributed by atoms with E-state index in [0.29, 0.717) is 16.0 Å². The number of hydrogen-bond acceptors (Lipinski definition) is 2. The fraction of sp³-hybridized carbons (Fsp3) is 0.308. The van der Waals surface area contributed by atoms with Crippen molar-refractivity contribution in [3.8, 4) is 10.6 Å². The molecule has 2 rings (SSSR count). The molecule has 1 unspecified atom stereocenters. The summed E-state index contributed by atoms with van der Waals surface area (Å²) in [6.45, 7) is 4.35. The fourth-order valence-corrected chi connectivity index (χ4v) is 2.99. The summed E-state index contributed by atoms with van der Waals surface area (Å²) in [5.41, 5.74) is 2.13. The number of halogens is 2. The number of thiazole rings is 1. The lowest BCUT2D eigenvalue weighted by molar-refractivity contribution is 0.714. The lowest BCUT2D eigenvalue weighted by Crippen LogP contribution is -1.91. The SMILES string of the molecule is CCC(C)c1csc(-c2cc(Cl)cc(Cl)c2)n1. The van der Waals surface area contributed by atoms with Crippen molar-refractivity contribution < 1.29 is 0 Å². The van der Waals surface area contributed by atoms with Crippen LogP contribution >= 0.6 is 34.5 Å². The summed E-state index contributed by atoms with van der Waals surface area (Å²) >= 11 is 13.6. The zero-order valence-corrected chi connectivity index (χ0v) is 12.0. The van der Waals surface area contributed by atoms with Crippen LogP contribution in [0.2, 0.25) is 10.0 Å². The summed E-state index contributed by atoms with van der Waals surface area (Å²) in [6, 6.07) is 5.52. The van der Waals surface area contributed by atoms with Crippen molar-refractivity contribution in [2.75, 3.05) is 0 Å². The largest absolute Gasteiger partial charge is 0.241 e. The van der Waals surface area contributed by atoms with E-state index in [1.165, 1.54) is 0 Å². The zero-order chi connectivity index (χ0) is 12.4. The molecule has 0 aliphatic rings. The second kappa shape index (κ2) is 5.38. The van der Waals surface area contributed by atoms with E-state index in [4.69, 9.17) is 23.2 Å². The highest BCUT2D eigenvalue weighted by molar-refractivity contribution is 7.13. The van der Waals surface area contributed by atoms with E-state index in [1.54, 1.807) is 17.4 Å². The zero-order valence-electron chi connectivity index (χ0n) is 9.71. The molecule has 0 amide bonds. The molecule has 0 fully saturated rings. The van der Waals surface area contributed by atoms with Crippen LogP contribution in [0.15, 0.2) is 23.6 Å². The summed E-state index contributed by atoms with van der Waals surface area (Å²) in [7, 11) is 0. The first-order valence-electron chi connectivity index (χ1n) is 5.52. The maximum absolute atomic E-state index is 5.99. The van der Waals surface area contributed by atoms with Crippen LogP contribution in [-0.2, 0) is 0 Å². The summed E-state index contributed by atoms with van der Waals surface area (Å²) in [4.78, 5) is 4.63. The molecule has 1 aromatic heterocycles. The highest BCUT2D eigenvalue weighted by Crippen LogP contribution is 2.31. The van der Waals surface area contributed by atoms with E-state index < -0.39 is 0 Å².